The molecular formula is C17H15NS. The van der Waals surface area contributed by atoms with Crippen LogP contribution in [0.15, 0.2) is 72.1 Å². The minimum Gasteiger partial charge on any atom is -0.302 e. The van der Waals surface area contributed by atoms with Gasteiger partial charge in [0.05, 0.1) is 0 Å². The number of aryl methyl sites for hydroxylation is 1. The van der Waals surface area contributed by atoms with Crippen molar-refractivity contribution in [1.29, 1.82) is 0 Å². The third-order valence-corrected chi connectivity index (χ3v) is 4.07. The normalized spacial score (nSPS) is 10.4. The van der Waals surface area contributed by atoms with Gasteiger partial charge in [-0.3, -0.25) is 0 Å². The molecule has 0 radical (unpaired) electrons. The van der Waals surface area contributed by atoms with Crippen LogP contribution in [0.25, 0.3) is 0 Å². The maximum absolute atomic E-state index is 2.31. The molecule has 1 aromatic heterocycles. The van der Waals surface area contributed by atoms with E-state index in [9.17, 15) is 0 Å². The van der Waals surface area contributed by atoms with E-state index in [0.717, 1.165) is 0 Å². The van der Waals surface area contributed by atoms with Crippen LogP contribution in [0.1, 0.15) is 5.56 Å². The molecule has 0 aliphatic rings. The molecule has 2 heteroatoms. The molecule has 0 saturated carbocycles. The van der Waals surface area contributed by atoms with E-state index in [1.165, 1.54) is 21.9 Å². The first-order valence-corrected chi connectivity index (χ1v) is 7.18. The van der Waals surface area contributed by atoms with Gasteiger partial charge in [-0.2, -0.15) is 0 Å². The highest BCUT2D eigenvalue weighted by Gasteiger charge is 2.14. The Balaban J connectivity index is 2.15. The third kappa shape index (κ3) is 2.40. The fraction of sp³-hybridized carbons (Fsp3) is 0.0588. The van der Waals surface area contributed by atoms with Crippen LogP contribution in [0.5, 0.6) is 0 Å². The second-order valence-electron chi connectivity index (χ2n) is 4.42. The van der Waals surface area contributed by atoms with Gasteiger partial charge in [-0.15, -0.1) is 11.3 Å². The maximum atomic E-state index is 2.31. The predicted octanol–water partition coefficient (Wildman–Crippen LogP) is 5.53. The molecule has 0 bridgehead atoms. The number of rotatable bonds is 3. The lowest BCUT2D eigenvalue weighted by Gasteiger charge is -2.24. The lowest BCUT2D eigenvalue weighted by Crippen LogP contribution is -2.08. The molecule has 1 heterocycles. The Morgan fingerprint density at radius 2 is 1.26 bits per heavy atom. The van der Waals surface area contributed by atoms with E-state index in [4.69, 9.17) is 0 Å². The fourth-order valence-corrected chi connectivity index (χ4v) is 3.10. The van der Waals surface area contributed by atoms with Crippen LogP contribution in [-0.4, -0.2) is 0 Å². The van der Waals surface area contributed by atoms with Crippen LogP contribution in [0, 0.1) is 6.92 Å². The molecule has 0 aliphatic carbocycles. The quantitative estimate of drug-likeness (QED) is 0.602. The van der Waals surface area contributed by atoms with Crippen LogP contribution in [0.4, 0.5) is 16.4 Å². The Bertz CT molecular complexity index is 604. The predicted molar refractivity (Wildman–Crippen MR) is 83.7 cm³/mol. The zero-order valence-electron chi connectivity index (χ0n) is 10.8. The minimum absolute atomic E-state index is 1.19. The molecule has 0 fully saturated rings. The highest BCUT2D eigenvalue weighted by Crippen LogP contribution is 2.39. The van der Waals surface area contributed by atoms with Crippen molar-refractivity contribution in [1.82, 2.24) is 0 Å². The molecule has 0 unspecified atom stereocenters. The van der Waals surface area contributed by atoms with Crippen LogP contribution in [0.2, 0.25) is 0 Å². The average molecular weight is 265 g/mol. The summed E-state index contributed by atoms with van der Waals surface area (Å²) in [7, 11) is 0. The molecule has 0 spiro atoms. The van der Waals surface area contributed by atoms with Gasteiger partial charge in [0.2, 0.25) is 0 Å². The summed E-state index contributed by atoms with van der Waals surface area (Å²) in [4.78, 5) is 2.31. The number of nitrogens with zero attached hydrogens (tertiary/aromatic N) is 1. The van der Waals surface area contributed by atoms with E-state index in [1.807, 2.05) is 12.1 Å². The van der Waals surface area contributed by atoms with Crippen molar-refractivity contribution in [3.63, 3.8) is 0 Å². The van der Waals surface area contributed by atoms with Gasteiger partial charge >= 0.3 is 0 Å². The fourth-order valence-electron chi connectivity index (χ4n) is 2.13. The number of thiophene rings is 1. The van der Waals surface area contributed by atoms with Crippen LogP contribution < -0.4 is 4.90 Å². The maximum Gasteiger partial charge on any atom is 0.103 e. The van der Waals surface area contributed by atoms with Crippen LogP contribution in [-0.2, 0) is 0 Å². The van der Waals surface area contributed by atoms with Crippen molar-refractivity contribution >= 4 is 27.7 Å². The van der Waals surface area contributed by atoms with Crippen molar-refractivity contribution in [3.05, 3.63) is 77.7 Å². The second-order valence-corrected chi connectivity index (χ2v) is 5.31. The van der Waals surface area contributed by atoms with Crippen LogP contribution >= 0.6 is 11.3 Å². The van der Waals surface area contributed by atoms with Gasteiger partial charge < -0.3 is 4.90 Å². The van der Waals surface area contributed by atoms with Crippen molar-refractivity contribution in [2.45, 2.75) is 6.92 Å². The van der Waals surface area contributed by atoms with E-state index in [-0.39, 0.29) is 0 Å². The molecule has 3 rings (SSSR count). The van der Waals surface area contributed by atoms with Crippen molar-refractivity contribution < 1.29 is 0 Å². The summed E-state index contributed by atoms with van der Waals surface area (Å²) in [6, 6.07) is 23.2. The van der Waals surface area contributed by atoms with Gasteiger partial charge in [0.15, 0.2) is 0 Å². The first kappa shape index (κ1) is 12.0. The third-order valence-electron chi connectivity index (χ3n) is 3.07. The summed E-state index contributed by atoms with van der Waals surface area (Å²) < 4.78 is 0. The van der Waals surface area contributed by atoms with Gasteiger partial charge in [-0.1, -0.05) is 36.4 Å². The average Bonchev–Trinajstić information content (AvgIpc) is 2.88. The summed E-state index contributed by atoms with van der Waals surface area (Å²) in [5.74, 6) is 0. The summed E-state index contributed by atoms with van der Waals surface area (Å²) >= 11 is 1.77. The zero-order valence-corrected chi connectivity index (χ0v) is 11.6. The number of hydrogen-bond acceptors (Lipinski definition) is 2. The van der Waals surface area contributed by atoms with Crippen molar-refractivity contribution in [2.24, 2.45) is 0 Å². The summed E-state index contributed by atoms with van der Waals surface area (Å²) in [6.07, 6.45) is 0. The first-order valence-electron chi connectivity index (χ1n) is 6.30. The topological polar surface area (TPSA) is 3.24 Å². The highest BCUT2D eigenvalue weighted by atomic mass is 32.1. The van der Waals surface area contributed by atoms with E-state index in [2.05, 4.69) is 71.8 Å². The molecule has 0 atom stereocenters. The number of para-hydroxylation sites is 2. The monoisotopic (exact) mass is 265 g/mol. The number of benzene rings is 2. The molecule has 19 heavy (non-hydrogen) atoms. The Morgan fingerprint density at radius 3 is 1.68 bits per heavy atom. The smallest absolute Gasteiger partial charge is 0.103 e. The summed E-state index contributed by atoms with van der Waals surface area (Å²) in [5.41, 5.74) is 3.69. The number of hydrogen-bond donors (Lipinski definition) is 0. The first-order chi connectivity index (χ1) is 9.36. The van der Waals surface area contributed by atoms with E-state index >= 15 is 0 Å². The van der Waals surface area contributed by atoms with Gasteiger partial charge in [-0.05, 0) is 48.2 Å². The largest absolute Gasteiger partial charge is 0.302 e. The lowest BCUT2D eigenvalue weighted by atomic mass is 10.2. The molecule has 0 N–H and O–H groups in total. The van der Waals surface area contributed by atoms with Gasteiger partial charge in [-0.25, -0.2) is 0 Å². The minimum atomic E-state index is 1.19. The van der Waals surface area contributed by atoms with Crippen molar-refractivity contribution in [3.8, 4) is 0 Å². The molecule has 2 aromatic carbocycles. The van der Waals surface area contributed by atoms with E-state index in [1.54, 1.807) is 11.3 Å². The molecule has 0 amide bonds. The van der Waals surface area contributed by atoms with Gasteiger partial charge in [0.1, 0.15) is 5.00 Å². The molecule has 94 valence electrons. The Labute approximate surface area is 117 Å². The molecule has 3 aromatic rings. The van der Waals surface area contributed by atoms with Gasteiger partial charge in [0.25, 0.3) is 0 Å². The van der Waals surface area contributed by atoms with Gasteiger partial charge in [0, 0.05) is 11.4 Å². The molecular weight excluding hydrogens is 250 g/mol. The number of anilines is 3. The lowest BCUT2D eigenvalue weighted by molar-refractivity contribution is 1.29. The second kappa shape index (κ2) is 5.29. The van der Waals surface area contributed by atoms with E-state index < -0.39 is 0 Å². The zero-order chi connectivity index (χ0) is 13.1. The SMILES string of the molecule is Cc1ccsc1N(c1ccccc1)c1ccccc1. The van der Waals surface area contributed by atoms with Crippen molar-refractivity contribution in [2.75, 3.05) is 4.90 Å². The van der Waals surface area contributed by atoms with E-state index in [0.29, 0.717) is 0 Å². The molecule has 0 saturated heterocycles. The Morgan fingerprint density at radius 1 is 0.737 bits per heavy atom. The Hall–Kier alpha value is -2.06. The standard InChI is InChI=1S/C17H15NS/c1-14-12-13-19-17(14)18(15-8-4-2-5-9-15)16-10-6-3-7-11-16/h2-13H,1H3. The summed E-state index contributed by atoms with van der Waals surface area (Å²) in [5, 5.41) is 3.42. The Kier molecular flexibility index (Phi) is 3.34. The summed E-state index contributed by atoms with van der Waals surface area (Å²) in [6.45, 7) is 2.16. The molecule has 1 nitrogen and oxygen atoms in total. The highest BCUT2D eigenvalue weighted by molar-refractivity contribution is 7.14. The van der Waals surface area contributed by atoms with Crippen LogP contribution in [0.3, 0.4) is 0 Å². The molecule has 0 aliphatic heterocycles.